The van der Waals surface area contributed by atoms with Crippen LogP contribution in [0.2, 0.25) is 0 Å². The van der Waals surface area contributed by atoms with Crippen LogP contribution in [0.4, 0.5) is 14.7 Å². The number of phenols is 1. The molecule has 3 aliphatic heterocycles. The van der Waals surface area contributed by atoms with Gasteiger partial charge in [-0.3, -0.25) is 4.90 Å². The normalized spacial score (nSPS) is 25.0. The summed E-state index contributed by atoms with van der Waals surface area (Å²) in [5, 5.41) is 12.0. The minimum Gasteiger partial charge on any atom is -0.508 e. The van der Waals surface area contributed by atoms with Gasteiger partial charge in [0.1, 0.15) is 35.6 Å². The third-order valence-electron chi connectivity index (χ3n) is 10.0. The molecular formula is C33H47F2N6O2+. The van der Waals surface area contributed by atoms with Gasteiger partial charge in [-0.1, -0.05) is 13.0 Å². The Hall–Kier alpha value is -3.11. The molecule has 4 unspecified atom stereocenters. The first-order valence-electron chi connectivity index (χ1n) is 15.7. The lowest BCUT2D eigenvalue weighted by Crippen LogP contribution is -2.65. The summed E-state index contributed by atoms with van der Waals surface area (Å²) >= 11 is 0. The first kappa shape index (κ1) is 31.3. The van der Waals surface area contributed by atoms with E-state index in [0.717, 1.165) is 46.9 Å². The van der Waals surface area contributed by atoms with Gasteiger partial charge in [0.2, 0.25) is 5.95 Å². The fourth-order valence-electron chi connectivity index (χ4n) is 6.87. The topological polar surface area (TPSA) is 74.6 Å². The van der Waals surface area contributed by atoms with Gasteiger partial charge in [-0.05, 0) is 92.6 Å². The van der Waals surface area contributed by atoms with Crippen molar-refractivity contribution in [3.05, 3.63) is 47.0 Å². The first-order valence-corrected chi connectivity index (χ1v) is 15.7. The maximum absolute atomic E-state index is 14.5. The number of fused-ring (bicyclic) bond motifs is 2. The molecule has 10 heteroatoms. The second-order valence-corrected chi connectivity index (χ2v) is 13.0. The monoisotopic (exact) mass is 597 g/mol. The van der Waals surface area contributed by atoms with Crippen LogP contribution < -0.4 is 9.64 Å². The van der Waals surface area contributed by atoms with Crippen molar-refractivity contribution in [2.75, 3.05) is 52.3 Å². The molecule has 43 heavy (non-hydrogen) atoms. The van der Waals surface area contributed by atoms with Gasteiger partial charge in [0, 0.05) is 19.0 Å². The Morgan fingerprint density at radius 2 is 1.79 bits per heavy atom. The lowest BCUT2D eigenvalue weighted by molar-refractivity contribution is -0.935. The Labute approximate surface area is 254 Å². The number of aromatic hydroxyl groups is 1. The van der Waals surface area contributed by atoms with E-state index in [0.29, 0.717) is 67.3 Å². The first-order chi connectivity index (χ1) is 20.5. The zero-order valence-corrected chi connectivity index (χ0v) is 26.5. The number of benzene rings is 2. The van der Waals surface area contributed by atoms with Crippen LogP contribution >= 0.6 is 0 Å². The molecule has 0 saturated carbocycles. The van der Waals surface area contributed by atoms with Gasteiger partial charge < -0.3 is 19.2 Å². The number of aromatic nitrogens is 3. The van der Waals surface area contributed by atoms with Crippen LogP contribution in [0.15, 0.2) is 24.3 Å². The zero-order valence-electron chi connectivity index (χ0n) is 26.5. The van der Waals surface area contributed by atoms with Gasteiger partial charge in [0.15, 0.2) is 0 Å². The Morgan fingerprint density at radius 1 is 1.05 bits per heavy atom. The number of halogens is 2. The van der Waals surface area contributed by atoms with E-state index in [1.807, 2.05) is 6.92 Å². The summed E-state index contributed by atoms with van der Waals surface area (Å²) in [5.41, 5.74) is 1.55. The fourth-order valence-corrected chi connectivity index (χ4v) is 6.87. The van der Waals surface area contributed by atoms with Crippen LogP contribution in [0.3, 0.4) is 0 Å². The average Bonchev–Trinajstić information content (AvgIpc) is 3.56. The minimum atomic E-state index is -0.518. The van der Waals surface area contributed by atoms with E-state index < -0.39 is 6.17 Å². The molecule has 1 aromatic heterocycles. The second kappa shape index (κ2) is 12.9. The second-order valence-electron chi connectivity index (χ2n) is 13.0. The Kier molecular flexibility index (Phi) is 9.37. The van der Waals surface area contributed by atoms with E-state index >= 15 is 0 Å². The number of anilines is 1. The van der Waals surface area contributed by atoms with Crippen molar-refractivity contribution in [1.29, 1.82) is 0 Å². The number of rotatable bonds is 6. The van der Waals surface area contributed by atoms with E-state index in [-0.39, 0.29) is 11.6 Å². The van der Waals surface area contributed by atoms with Crippen LogP contribution in [0, 0.1) is 5.82 Å². The standard InChI is InChI=1S/C26H34FN5O2.C7H12FN/c1-7-21-22(27)10-8-18-12-20(33)13-19(24(18)21)9-11-23-28-25(30-26(29-23)34-6)31-14-16(2)32(4,5)17(3)15-31;8-6-4-7-2-1-3-9(7)5-6/h8,10,12-13,16-17H,7,9,11,14-15H2,1-6H3;6-7H,1-5H2/p+1. The molecule has 3 fully saturated rings. The van der Waals surface area contributed by atoms with Crippen molar-refractivity contribution in [2.45, 2.75) is 83.6 Å². The number of hydrogen-bond acceptors (Lipinski definition) is 7. The molecule has 0 amide bonds. The lowest BCUT2D eigenvalue weighted by Gasteiger charge is -2.48. The number of ether oxygens (including phenoxy) is 1. The smallest absolute Gasteiger partial charge is 0.321 e. The van der Waals surface area contributed by atoms with Crippen LogP contribution in [-0.4, -0.2) is 101 Å². The zero-order chi connectivity index (χ0) is 30.9. The quantitative estimate of drug-likeness (QED) is 0.397. The molecule has 3 aliphatic rings. The minimum absolute atomic E-state index is 0.169. The molecule has 0 aliphatic carbocycles. The van der Waals surface area contributed by atoms with E-state index in [1.54, 1.807) is 25.3 Å². The van der Waals surface area contributed by atoms with Gasteiger partial charge in [0.25, 0.3) is 0 Å². The summed E-state index contributed by atoms with van der Waals surface area (Å²) in [6.45, 7) is 9.99. The molecule has 3 aromatic rings. The highest BCUT2D eigenvalue weighted by Gasteiger charge is 2.39. The SMILES string of the molecule is CCc1c(F)ccc2cc(O)cc(CCc3nc(OC)nc(N4CC(C)[N+](C)(C)C(C)C4)n3)c12.FC1CC2CCCN2C1. The van der Waals surface area contributed by atoms with Crippen molar-refractivity contribution in [2.24, 2.45) is 0 Å². The van der Waals surface area contributed by atoms with Crippen LogP contribution in [0.5, 0.6) is 11.8 Å². The van der Waals surface area contributed by atoms with E-state index in [2.05, 4.69) is 47.7 Å². The highest BCUT2D eigenvalue weighted by molar-refractivity contribution is 5.90. The number of likely N-dealkylation sites (N-methyl/N-ethyl adjacent to an activating group) is 1. The summed E-state index contributed by atoms with van der Waals surface area (Å²) in [6, 6.07) is 8.34. The fraction of sp³-hybridized carbons (Fsp3) is 0.606. The molecule has 1 N–H and O–H groups in total. The summed E-state index contributed by atoms with van der Waals surface area (Å²) in [5.74, 6) is 1.19. The average molecular weight is 598 g/mol. The molecule has 234 valence electrons. The van der Waals surface area contributed by atoms with E-state index in [1.165, 1.54) is 18.9 Å². The predicted molar refractivity (Wildman–Crippen MR) is 166 cm³/mol. The number of quaternary nitrogens is 1. The lowest BCUT2D eigenvalue weighted by atomic mass is 9.94. The highest BCUT2D eigenvalue weighted by atomic mass is 19.1. The van der Waals surface area contributed by atoms with Crippen molar-refractivity contribution in [3.8, 4) is 11.8 Å². The van der Waals surface area contributed by atoms with Gasteiger partial charge in [-0.2, -0.15) is 15.0 Å². The van der Waals surface area contributed by atoms with Crippen LogP contribution in [0.1, 0.15) is 57.0 Å². The van der Waals surface area contributed by atoms with Crippen LogP contribution in [0.25, 0.3) is 10.8 Å². The van der Waals surface area contributed by atoms with Crippen molar-refractivity contribution >= 4 is 16.7 Å². The molecule has 0 radical (unpaired) electrons. The number of phenolic OH excluding ortho intramolecular Hbond substituents is 1. The van der Waals surface area contributed by atoms with Crippen molar-refractivity contribution < 1.29 is 23.1 Å². The largest absolute Gasteiger partial charge is 0.508 e. The number of alkyl halides is 1. The van der Waals surface area contributed by atoms with Gasteiger partial charge in [-0.25, -0.2) is 8.78 Å². The molecule has 0 bridgehead atoms. The highest BCUT2D eigenvalue weighted by Crippen LogP contribution is 2.32. The third kappa shape index (κ3) is 6.70. The van der Waals surface area contributed by atoms with Crippen LogP contribution in [-0.2, 0) is 19.3 Å². The van der Waals surface area contributed by atoms with Gasteiger partial charge in [0.05, 0.1) is 34.3 Å². The number of aryl methyl sites for hydroxylation is 3. The third-order valence-corrected chi connectivity index (χ3v) is 10.0. The summed E-state index contributed by atoms with van der Waals surface area (Å²) in [4.78, 5) is 18.3. The summed E-state index contributed by atoms with van der Waals surface area (Å²) in [6.07, 6.45) is 4.47. The molecular weight excluding hydrogens is 550 g/mol. The number of nitrogens with zero attached hydrogens (tertiary/aromatic N) is 6. The number of methoxy groups -OCH3 is 1. The summed E-state index contributed by atoms with van der Waals surface area (Å²) in [7, 11) is 6.08. The van der Waals surface area contributed by atoms with Gasteiger partial charge in [-0.15, -0.1) is 0 Å². The maximum Gasteiger partial charge on any atom is 0.321 e. The van der Waals surface area contributed by atoms with Gasteiger partial charge >= 0.3 is 6.01 Å². The van der Waals surface area contributed by atoms with E-state index in [9.17, 15) is 13.9 Å². The maximum atomic E-state index is 14.5. The predicted octanol–water partition coefficient (Wildman–Crippen LogP) is 5.09. The molecule has 3 saturated heterocycles. The number of hydrogen-bond donors (Lipinski definition) is 1. The molecule has 4 atom stereocenters. The van der Waals surface area contributed by atoms with Crippen molar-refractivity contribution in [1.82, 2.24) is 19.9 Å². The Bertz CT molecular complexity index is 1410. The number of piperazine rings is 1. The molecule has 2 aromatic carbocycles. The molecule has 0 spiro atoms. The molecule has 8 nitrogen and oxygen atoms in total. The van der Waals surface area contributed by atoms with E-state index in [4.69, 9.17) is 9.72 Å². The Balaban J connectivity index is 0.000000345. The molecule has 6 rings (SSSR count). The molecule has 4 heterocycles. The Morgan fingerprint density at radius 3 is 2.47 bits per heavy atom. The van der Waals surface area contributed by atoms with Crippen molar-refractivity contribution in [3.63, 3.8) is 0 Å². The summed E-state index contributed by atoms with van der Waals surface area (Å²) < 4.78 is 33.5.